The van der Waals surface area contributed by atoms with Gasteiger partial charge in [-0.3, -0.25) is 0 Å². The fourth-order valence-electron chi connectivity index (χ4n) is 3.40. The Hall–Kier alpha value is 0.0500. The third kappa shape index (κ3) is 1.87. The Morgan fingerprint density at radius 1 is 1.00 bits per heavy atom. The van der Waals surface area contributed by atoms with Gasteiger partial charge in [0.05, 0.1) is 20.1 Å². The van der Waals surface area contributed by atoms with Gasteiger partial charge in [-0.05, 0) is 14.1 Å². The van der Waals surface area contributed by atoms with Crippen LogP contribution in [0.15, 0.2) is 0 Å². The normalized spacial score (nSPS) is 49.8. The van der Waals surface area contributed by atoms with Gasteiger partial charge in [0, 0.05) is 0 Å². The zero-order chi connectivity index (χ0) is 12.3. The summed E-state index contributed by atoms with van der Waals surface area (Å²) in [6.45, 7) is -0.592. The van der Waals surface area contributed by atoms with E-state index in [1.165, 1.54) is 4.90 Å². The minimum Gasteiger partial charge on any atom is -1.00 e. The molecule has 106 valence electrons. The van der Waals surface area contributed by atoms with Gasteiger partial charge in [0.1, 0.15) is 30.5 Å². The van der Waals surface area contributed by atoms with Crippen molar-refractivity contribution >= 4 is 0 Å². The molecule has 0 unspecified atom stereocenters. The fraction of sp³-hybridized carbons (Fsp3) is 1.00. The molecule has 7 heteroatoms. The van der Waals surface area contributed by atoms with E-state index in [2.05, 4.69) is 19.0 Å². The van der Waals surface area contributed by atoms with Gasteiger partial charge in [0.25, 0.3) is 6.48 Å². The van der Waals surface area contributed by atoms with Crippen LogP contribution in [0.2, 0.25) is 0 Å². The quantitative estimate of drug-likeness (QED) is 0.528. The van der Waals surface area contributed by atoms with Crippen LogP contribution in [0, 0.1) is 0 Å². The highest BCUT2D eigenvalue weighted by Crippen LogP contribution is 2.40. The summed E-state index contributed by atoms with van der Waals surface area (Å²) in [7, 11) is 8.13. The van der Waals surface area contributed by atoms with E-state index < -0.39 is 12.6 Å². The molecule has 18 heavy (non-hydrogen) atoms. The molecule has 4 rings (SSSR count). The number of nitrogens with one attached hydrogen (secondary N) is 1. The summed E-state index contributed by atoms with van der Waals surface area (Å²) in [5, 5.41) is 10.3. The van der Waals surface area contributed by atoms with Crippen LogP contribution in [0.3, 0.4) is 0 Å². The number of likely N-dealkylation sites (N-methyl/N-ethyl adjacent to an activating group) is 2. The van der Waals surface area contributed by atoms with Crippen molar-refractivity contribution < 1.29 is 36.6 Å². The van der Waals surface area contributed by atoms with Gasteiger partial charge in [-0.2, -0.15) is 0 Å². The van der Waals surface area contributed by atoms with Crippen molar-refractivity contribution in [2.24, 2.45) is 0 Å². The molecule has 0 spiro atoms. The molecule has 1 saturated carbocycles. The summed E-state index contributed by atoms with van der Waals surface area (Å²) in [5.74, 6) is 0. The van der Waals surface area contributed by atoms with Gasteiger partial charge in [-0.1, -0.05) is 0 Å². The van der Waals surface area contributed by atoms with Crippen LogP contribution in [0.4, 0.5) is 0 Å². The van der Waals surface area contributed by atoms with Crippen LogP contribution >= 0.6 is 0 Å². The number of aliphatic hydroxyl groups is 1. The Bertz CT molecular complexity index is 291. The van der Waals surface area contributed by atoms with Gasteiger partial charge in [-0.15, -0.1) is 0 Å². The highest BCUT2D eigenvalue weighted by Gasteiger charge is 2.64. The molecule has 0 amide bonds. The summed E-state index contributed by atoms with van der Waals surface area (Å²) >= 11 is 0. The van der Waals surface area contributed by atoms with Crippen molar-refractivity contribution in [2.75, 3.05) is 28.2 Å². The first kappa shape index (κ1) is 14.5. The molecule has 7 atom stereocenters. The average molecular weight is 281 g/mol. The van der Waals surface area contributed by atoms with Crippen LogP contribution in [0.1, 0.15) is 0 Å². The predicted octanol–water partition coefficient (Wildman–Crippen LogP) is -5.73. The van der Waals surface area contributed by atoms with Crippen molar-refractivity contribution in [2.45, 2.75) is 43.0 Å². The lowest BCUT2D eigenvalue weighted by Crippen LogP contribution is -3.15. The minimum atomic E-state index is -0.592. The van der Waals surface area contributed by atoms with E-state index in [0.717, 1.165) is 0 Å². The topological polar surface area (TPSA) is 55.6 Å². The lowest BCUT2D eigenvalue weighted by molar-refractivity contribution is -0.903. The van der Waals surface area contributed by atoms with E-state index in [-0.39, 0.29) is 42.8 Å². The maximum absolute atomic E-state index is 10.3. The first-order valence-electron chi connectivity index (χ1n) is 6.11. The first-order chi connectivity index (χ1) is 8.00. The van der Waals surface area contributed by atoms with Crippen molar-refractivity contribution in [3.8, 4) is 0 Å². The highest BCUT2D eigenvalue weighted by molar-refractivity contribution is 5.08. The zero-order valence-corrected chi connectivity index (χ0v) is 11.8. The highest BCUT2D eigenvalue weighted by atomic mass is 35.5. The molecular weight excluding hydrogens is 260 g/mol. The van der Waals surface area contributed by atoms with Crippen LogP contribution in [0.25, 0.3) is 0 Å². The molecular formula is C11H21ClN2O4. The lowest BCUT2D eigenvalue weighted by Gasteiger charge is -2.59. The van der Waals surface area contributed by atoms with Crippen molar-refractivity contribution in [3.05, 3.63) is 0 Å². The number of aliphatic hydroxyl groups excluding tert-OH is 1. The van der Waals surface area contributed by atoms with Crippen molar-refractivity contribution in [1.82, 2.24) is 4.90 Å². The van der Waals surface area contributed by atoms with Gasteiger partial charge in [0.2, 0.25) is 0 Å². The standard InChI is InChI=1S/C11H20N2O4.ClH/c1-12(2)5-8-6(13(3)4)10-7(14)9(5)16-11(15-8)17-10;/h5-11,14H,1-4H3;1H/t5-,6+,7-,8-,9+,10-,11+;. The second-order valence-electron chi connectivity index (χ2n) is 5.64. The SMILES string of the molecule is CN(C)[C@H]1[C@@H]2O[C@@H]3O[C@H]1[C@H]([NH+](C)C)[C@@H](O3)[C@@H]2O.[Cl-]. The van der Waals surface area contributed by atoms with Crippen LogP contribution in [0.5, 0.6) is 0 Å². The lowest BCUT2D eigenvalue weighted by atomic mass is 9.78. The third-order valence-electron chi connectivity index (χ3n) is 4.12. The zero-order valence-electron chi connectivity index (χ0n) is 11.0. The fourth-order valence-corrected chi connectivity index (χ4v) is 3.40. The molecule has 3 heterocycles. The third-order valence-corrected chi connectivity index (χ3v) is 4.12. The summed E-state index contributed by atoms with van der Waals surface area (Å²) in [5.41, 5.74) is 0. The van der Waals surface area contributed by atoms with Gasteiger partial charge in [-0.25, -0.2) is 0 Å². The Morgan fingerprint density at radius 3 is 2.11 bits per heavy atom. The monoisotopic (exact) mass is 280 g/mol. The maximum Gasteiger partial charge on any atom is 0.273 e. The first-order valence-corrected chi connectivity index (χ1v) is 6.11. The molecule has 0 aromatic heterocycles. The van der Waals surface area contributed by atoms with Gasteiger partial charge < -0.3 is 41.5 Å². The van der Waals surface area contributed by atoms with E-state index in [0.29, 0.717) is 0 Å². The Morgan fingerprint density at radius 2 is 1.56 bits per heavy atom. The Kier molecular flexibility index (Phi) is 3.91. The predicted molar refractivity (Wildman–Crippen MR) is 58.5 cm³/mol. The number of halogens is 1. The summed E-state index contributed by atoms with van der Waals surface area (Å²) in [6.07, 6.45) is -0.901. The van der Waals surface area contributed by atoms with E-state index >= 15 is 0 Å². The molecule has 6 nitrogen and oxygen atoms in total. The summed E-state index contributed by atoms with van der Waals surface area (Å²) in [6, 6.07) is 0.232. The van der Waals surface area contributed by atoms with Crippen LogP contribution in [-0.4, -0.2) is 81.2 Å². The number of rotatable bonds is 2. The number of ether oxygens (including phenoxy) is 3. The molecule has 0 aromatic rings. The van der Waals surface area contributed by atoms with Gasteiger partial charge in [0.15, 0.2) is 0 Å². The number of nitrogens with zero attached hydrogens (tertiary/aromatic N) is 1. The number of hydrogen-bond donors (Lipinski definition) is 2. The molecule has 3 saturated heterocycles. The van der Waals surface area contributed by atoms with E-state index in [4.69, 9.17) is 14.2 Å². The Balaban J connectivity index is 0.00000120. The Labute approximate surface area is 113 Å². The maximum atomic E-state index is 10.3. The van der Waals surface area contributed by atoms with Crippen LogP contribution < -0.4 is 17.3 Å². The molecule has 3 aliphatic heterocycles. The average Bonchev–Trinajstić information content (AvgIpc) is 2.23. The minimum absolute atomic E-state index is 0. The second kappa shape index (κ2) is 4.86. The van der Waals surface area contributed by atoms with E-state index in [1.807, 2.05) is 14.1 Å². The largest absolute Gasteiger partial charge is 1.00 e. The smallest absolute Gasteiger partial charge is 0.273 e. The number of quaternary nitrogens is 1. The van der Waals surface area contributed by atoms with Crippen LogP contribution in [-0.2, 0) is 14.2 Å². The molecule has 0 aromatic carbocycles. The second-order valence-corrected chi connectivity index (χ2v) is 5.64. The van der Waals surface area contributed by atoms with E-state index in [1.54, 1.807) is 0 Å². The molecule has 0 radical (unpaired) electrons. The summed E-state index contributed by atoms with van der Waals surface area (Å²) in [4.78, 5) is 3.32. The molecule has 2 N–H and O–H groups in total. The molecule has 1 aliphatic carbocycles. The molecule has 4 fully saturated rings. The van der Waals surface area contributed by atoms with Gasteiger partial charge >= 0.3 is 0 Å². The number of hydrogen-bond acceptors (Lipinski definition) is 5. The van der Waals surface area contributed by atoms with Crippen molar-refractivity contribution in [1.29, 1.82) is 0 Å². The summed E-state index contributed by atoms with van der Waals surface area (Å²) < 4.78 is 17.0. The molecule has 4 bridgehead atoms. The van der Waals surface area contributed by atoms with E-state index in [9.17, 15) is 5.11 Å². The van der Waals surface area contributed by atoms with Crippen molar-refractivity contribution in [3.63, 3.8) is 0 Å². The molecule has 4 aliphatic rings.